The number of hydrogen-bond acceptors (Lipinski definition) is 3. The molecule has 0 aliphatic rings. The van der Waals surface area contributed by atoms with Gasteiger partial charge in [-0.15, -0.1) is 0 Å². The zero-order chi connectivity index (χ0) is 14.7. The lowest BCUT2D eigenvalue weighted by molar-refractivity contribution is -0.124. The minimum Gasteiger partial charge on any atom is -0.394 e. The number of pyridine rings is 1. The second-order valence-corrected chi connectivity index (χ2v) is 5.37. The first-order chi connectivity index (χ1) is 8.75. The Kier molecular flexibility index (Phi) is 4.75. The number of nitrogens with one attached hydrogen (secondary N) is 1. The zero-order valence-electron chi connectivity index (χ0n) is 12.3. The molecule has 1 rings (SSSR count). The topological polar surface area (TPSA) is 77.1 Å². The van der Waals surface area contributed by atoms with Crippen LogP contribution in [0.15, 0.2) is 10.9 Å². The molecule has 0 unspecified atom stereocenters. The van der Waals surface area contributed by atoms with Gasteiger partial charge >= 0.3 is 0 Å². The average Bonchev–Trinajstić information content (AvgIpc) is 2.32. The number of nitrogens with zero attached hydrogens (tertiary/aromatic N) is 1. The van der Waals surface area contributed by atoms with Gasteiger partial charge in [0, 0.05) is 12.2 Å². The van der Waals surface area contributed by atoms with Crippen LogP contribution in [0.3, 0.4) is 0 Å². The number of amides is 1. The number of hydrogen-bond donors (Lipinski definition) is 2. The first-order valence-electron chi connectivity index (χ1n) is 6.51. The molecule has 5 nitrogen and oxygen atoms in total. The van der Waals surface area contributed by atoms with E-state index in [1.807, 2.05) is 19.9 Å². The highest BCUT2D eigenvalue weighted by Gasteiger charge is 2.19. The summed E-state index contributed by atoms with van der Waals surface area (Å²) in [7, 11) is 0. The number of aryl methyl sites for hydroxylation is 2. The van der Waals surface area contributed by atoms with E-state index >= 15 is 0 Å². The zero-order valence-corrected chi connectivity index (χ0v) is 12.3. The Labute approximate surface area is 113 Å². The molecule has 0 saturated carbocycles. The summed E-state index contributed by atoms with van der Waals surface area (Å²) in [5.74, 6) is 0.208. The lowest BCUT2D eigenvalue weighted by atomic mass is 10.1. The van der Waals surface area contributed by atoms with Gasteiger partial charge in [-0.3, -0.25) is 14.2 Å². The van der Waals surface area contributed by atoms with Crippen LogP contribution in [0.5, 0.6) is 0 Å². The molecule has 1 atom stereocenters. The van der Waals surface area contributed by atoms with E-state index in [1.54, 1.807) is 20.8 Å². The molecule has 0 bridgehead atoms. The molecule has 0 aliphatic heterocycles. The van der Waals surface area contributed by atoms with E-state index < -0.39 is 6.04 Å². The number of carbonyl (C=O) groups is 1. The highest BCUT2D eigenvalue weighted by Crippen LogP contribution is 2.12. The molecule has 0 fully saturated rings. The third-order valence-corrected chi connectivity index (χ3v) is 3.13. The van der Waals surface area contributed by atoms with Gasteiger partial charge < -0.3 is 11.1 Å². The van der Waals surface area contributed by atoms with E-state index in [2.05, 4.69) is 5.32 Å². The molecular weight excluding hydrogens is 242 g/mol. The van der Waals surface area contributed by atoms with E-state index in [9.17, 15) is 9.59 Å². The van der Waals surface area contributed by atoms with Crippen molar-refractivity contribution in [3.05, 3.63) is 27.7 Å². The van der Waals surface area contributed by atoms with Crippen LogP contribution in [-0.2, 0) is 4.79 Å². The number of nitrogen functional groups attached to an aromatic ring is 1. The smallest absolute Gasteiger partial charge is 0.274 e. The standard InChI is InChI=1S/C14H23N3O2/c1-8(2)7-16-13(18)11(5)17-10(4)6-9(3)12(15)14(17)19/h6,8,11H,7,15H2,1-5H3,(H,16,18)/t11-/m1/s1. The molecule has 1 heterocycles. The van der Waals surface area contributed by atoms with Gasteiger partial charge in [-0.1, -0.05) is 13.8 Å². The molecular formula is C14H23N3O2. The molecule has 1 amide bonds. The van der Waals surface area contributed by atoms with Gasteiger partial charge in [0.05, 0.1) is 0 Å². The Morgan fingerprint density at radius 3 is 2.47 bits per heavy atom. The molecule has 0 saturated heterocycles. The molecule has 1 aromatic rings. The van der Waals surface area contributed by atoms with Crippen molar-refractivity contribution < 1.29 is 4.79 Å². The molecule has 0 aliphatic carbocycles. The molecule has 106 valence electrons. The maximum atomic E-state index is 12.2. The van der Waals surface area contributed by atoms with Crippen LogP contribution in [0.25, 0.3) is 0 Å². The van der Waals surface area contributed by atoms with Crippen LogP contribution in [-0.4, -0.2) is 17.0 Å². The molecule has 5 heteroatoms. The monoisotopic (exact) mass is 265 g/mol. The Hall–Kier alpha value is -1.78. The SMILES string of the molecule is Cc1cc(C)n([C@H](C)C(=O)NCC(C)C)c(=O)c1N. The second-order valence-electron chi connectivity index (χ2n) is 5.37. The minimum atomic E-state index is -0.561. The lowest BCUT2D eigenvalue weighted by Gasteiger charge is -2.19. The normalized spacial score (nSPS) is 12.5. The van der Waals surface area contributed by atoms with E-state index in [4.69, 9.17) is 5.73 Å². The van der Waals surface area contributed by atoms with Gasteiger partial charge in [-0.2, -0.15) is 0 Å². The number of rotatable bonds is 4. The maximum absolute atomic E-state index is 12.2. The van der Waals surface area contributed by atoms with Gasteiger partial charge in [0.2, 0.25) is 5.91 Å². The quantitative estimate of drug-likeness (QED) is 0.863. The van der Waals surface area contributed by atoms with Crippen molar-refractivity contribution in [1.82, 2.24) is 9.88 Å². The Morgan fingerprint density at radius 1 is 1.37 bits per heavy atom. The molecule has 0 aromatic carbocycles. The van der Waals surface area contributed by atoms with Crippen molar-refractivity contribution in [3.63, 3.8) is 0 Å². The van der Waals surface area contributed by atoms with E-state index in [0.29, 0.717) is 12.5 Å². The Balaban J connectivity index is 3.07. The van der Waals surface area contributed by atoms with Gasteiger partial charge in [0.1, 0.15) is 11.7 Å². The van der Waals surface area contributed by atoms with E-state index in [1.165, 1.54) is 4.57 Å². The fraction of sp³-hybridized carbons (Fsp3) is 0.571. The maximum Gasteiger partial charge on any atom is 0.274 e. The van der Waals surface area contributed by atoms with Crippen molar-refractivity contribution in [2.45, 2.75) is 40.7 Å². The third-order valence-electron chi connectivity index (χ3n) is 3.13. The van der Waals surface area contributed by atoms with Crippen molar-refractivity contribution in [2.24, 2.45) is 5.92 Å². The van der Waals surface area contributed by atoms with Crippen LogP contribution >= 0.6 is 0 Å². The Morgan fingerprint density at radius 2 is 1.95 bits per heavy atom. The molecule has 19 heavy (non-hydrogen) atoms. The van der Waals surface area contributed by atoms with Crippen molar-refractivity contribution in [3.8, 4) is 0 Å². The summed E-state index contributed by atoms with van der Waals surface area (Å²) in [5.41, 5.74) is 7.13. The van der Waals surface area contributed by atoms with Gasteiger partial charge in [-0.25, -0.2) is 0 Å². The molecule has 1 aromatic heterocycles. The fourth-order valence-corrected chi connectivity index (χ4v) is 1.97. The first-order valence-corrected chi connectivity index (χ1v) is 6.51. The van der Waals surface area contributed by atoms with E-state index in [0.717, 1.165) is 11.3 Å². The van der Waals surface area contributed by atoms with Gasteiger partial charge in [0.15, 0.2) is 0 Å². The summed E-state index contributed by atoms with van der Waals surface area (Å²) in [6.45, 7) is 9.94. The number of carbonyl (C=O) groups excluding carboxylic acids is 1. The number of aromatic nitrogens is 1. The average molecular weight is 265 g/mol. The number of nitrogens with two attached hydrogens (primary N) is 1. The summed E-state index contributed by atoms with van der Waals surface area (Å²) in [4.78, 5) is 24.2. The van der Waals surface area contributed by atoms with Crippen molar-refractivity contribution in [1.29, 1.82) is 0 Å². The highest BCUT2D eigenvalue weighted by atomic mass is 16.2. The van der Waals surface area contributed by atoms with Crippen LogP contribution < -0.4 is 16.6 Å². The summed E-state index contributed by atoms with van der Waals surface area (Å²) in [5, 5.41) is 2.83. The van der Waals surface area contributed by atoms with E-state index in [-0.39, 0.29) is 17.2 Å². The van der Waals surface area contributed by atoms with Gasteiger partial charge in [0.25, 0.3) is 5.56 Å². The lowest BCUT2D eigenvalue weighted by Crippen LogP contribution is -2.38. The summed E-state index contributed by atoms with van der Waals surface area (Å²) in [6, 6.07) is 1.26. The Bertz CT molecular complexity index is 532. The molecule has 0 spiro atoms. The van der Waals surface area contributed by atoms with Crippen LogP contribution in [0.2, 0.25) is 0 Å². The highest BCUT2D eigenvalue weighted by molar-refractivity contribution is 5.80. The predicted octanol–water partition coefficient (Wildman–Crippen LogP) is 1.38. The van der Waals surface area contributed by atoms with Crippen molar-refractivity contribution >= 4 is 11.6 Å². The summed E-state index contributed by atoms with van der Waals surface area (Å²) in [6.07, 6.45) is 0. The van der Waals surface area contributed by atoms with Gasteiger partial charge in [-0.05, 0) is 38.3 Å². The fourth-order valence-electron chi connectivity index (χ4n) is 1.97. The van der Waals surface area contributed by atoms with Crippen LogP contribution in [0.1, 0.15) is 38.1 Å². The predicted molar refractivity (Wildman–Crippen MR) is 77.1 cm³/mol. The summed E-state index contributed by atoms with van der Waals surface area (Å²) >= 11 is 0. The molecule has 0 radical (unpaired) electrons. The first kappa shape index (κ1) is 15.3. The van der Waals surface area contributed by atoms with Crippen LogP contribution in [0, 0.1) is 19.8 Å². The van der Waals surface area contributed by atoms with Crippen LogP contribution in [0.4, 0.5) is 5.69 Å². The summed E-state index contributed by atoms with van der Waals surface area (Å²) < 4.78 is 1.44. The number of anilines is 1. The second kappa shape index (κ2) is 5.91. The third kappa shape index (κ3) is 3.36. The minimum absolute atomic E-state index is 0.165. The van der Waals surface area contributed by atoms with Crippen molar-refractivity contribution in [2.75, 3.05) is 12.3 Å². The molecule has 3 N–H and O–H groups in total. The largest absolute Gasteiger partial charge is 0.394 e.